The first-order valence-corrected chi connectivity index (χ1v) is 25.8. The van der Waals surface area contributed by atoms with Crippen molar-refractivity contribution in [2.75, 3.05) is 0 Å². The number of fused-ring (bicyclic) bond motifs is 3. The molecule has 0 saturated heterocycles. The van der Waals surface area contributed by atoms with Crippen molar-refractivity contribution in [1.29, 1.82) is 0 Å². The van der Waals surface area contributed by atoms with Crippen LogP contribution in [0.5, 0.6) is 0 Å². The summed E-state index contributed by atoms with van der Waals surface area (Å²) in [6, 6.07) is 16.6. The predicted molar refractivity (Wildman–Crippen MR) is 286 cm³/mol. The molecule has 0 N–H and O–H groups in total. The number of para-hydroxylation sites is 2. The Kier molecular flexibility index (Phi) is 11.4. The summed E-state index contributed by atoms with van der Waals surface area (Å²) in [6.45, 7) is 34.7. The zero-order valence-electron chi connectivity index (χ0n) is 45.3. The van der Waals surface area contributed by atoms with E-state index in [1.165, 1.54) is 0 Å². The largest absolute Gasteiger partial charge is 0.774 e. The first-order chi connectivity index (χ1) is 34.1. The zero-order valence-corrected chi connectivity index (χ0v) is 45.3. The Labute approximate surface area is 433 Å². The highest BCUT2D eigenvalue weighted by Crippen LogP contribution is 2.56. The van der Waals surface area contributed by atoms with Gasteiger partial charge in [-0.1, -0.05) is 171 Å². The van der Waals surface area contributed by atoms with Crippen molar-refractivity contribution in [3.05, 3.63) is 143 Å². The van der Waals surface area contributed by atoms with E-state index in [4.69, 9.17) is 55.5 Å². The normalized spacial score (nSPS) is 24.4. The maximum atomic E-state index is 7.11. The van der Waals surface area contributed by atoms with Gasteiger partial charge in [0.15, 0.2) is 0 Å². The van der Waals surface area contributed by atoms with Crippen LogP contribution in [-0.2, 0) is 62.1 Å². The minimum absolute atomic E-state index is 0.163. The van der Waals surface area contributed by atoms with Crippen LogP contribution in [0.1, 0.15) is 111 Å². The van der Waals surface area contributed by atoms with Gasteiger partial charge in [-0.2, -0.15) is 0 Å². The zero-order chi connectivity index (χ0) is 52.1. The number of rotatable bonds is 12. The lowest BCUT2D eigenvalue weighted by molar-refractivity contribution is 0.129. The van der Waals surface area contributed by atoms with Gasteiger partial charge in [0.05, 0.1) is 0 Å². The summed E-state index contributed by atoms with van der Waals surface area (Å²) in [6.07, 6.45) is 16.4. The van der Waals surface area contributed by atoms with Gasteiger partial charge in [0.2, 0.25) is 0 Å². The molecule has 0 fully saturated rings. The van der Waals surface area contributed by atoms with Crippen molar-refractivity contribution in [2.24, 2.45) is 43.3 Å². The maximum absolute atomic E-state index is 7.11. The van der Waals surface area contributed by atoms with Crippen molar-refractivity contribution >= 4 is 65.3 Å². The molecule has 13 nitrogen and oxygen atoms in total. The molecule has 0 saturated carbocycles. The first kappa shape index (κ1) is 50.0. The van der Waals surface area contributed by atoms with Gasteiger partial charge >= 0.3 is 43.5 Å². The number of hydrogen-bond acceptors (Lipinski definition) is 12. The van der Waals surface area contributed by atoms with Gasteiger partial charge in [0.1, 0.15) is 46.1 Å². The third-order valence-electron chi connectivity index (χ3n) is 18.7. The number of aromatic nitrogens is 1. The Balaban J connectivity index is 1.03. The number of hydrogen-bond donors (Lipinski definition) is 0. The van der Waals surface area contributed by atoms with Gasteiger partial charge in [0, 0.05) is 55.7 Å². The van der Waals surface area contributed by atoms with Crippen molar-refractivity contribution in [3.63, 3.8) is 0 Å². The molecule has 8 aliphatic rings. The molecular weight excluding hydrogens is 919 g/mol. The van der Waals surface area contributed by atoms with Crippen LogP contribution < -0.4 is 0 Å². The second kappa shape index (κ2) is 16.6. The van der Waals surface area contributed by atoms with Gasteiger partial charge < -0.3 is 60.1 Å². The summed E-state index contributed by atoms with van der Waals surface area (Å²) < 4.78 is 83.9. The molecule has 2 aromatic carbocycles. The third-order valence-corrected chi connectivity index (χ3v) is 18.7. The molecule has 378 valence electrons. The second-order valence-electron chi connectivity index (χ2n) is 25.2. The van der Waals surface area contributed by atoms with Crippen molar-refractivity contribution < 1.29 is 55.5 Å². The fourth-order valence-corrected chi connectivity index (χ4v) is 10.6. The number of nitrogens with zero attached hydrogens (tertiary/aromatic N) is 1. The van der Waals surface area contributed by atoms with Crippen molar-refractivity contribution in [3.8, 4) is 0 Å². The summed E-state index contributed by atoms with van der Waals surface area (Å²) in [5.74, 6) is 4.94. The van der Waals surface area contributed by atoms with Gasteiger partial charge in [-0.25, -0.2) is 0 Å². The number of benzene rings is 2. The Morgan fingerprint density at radius 3 is 0.932 bits per heavy atom. The molecule has 73 heavy (non-hydrogen) atoms. The minimum Gasteiger partial charge on any atom is -0.501 e. The molecule has 0 unspecified atom stereocenters. The molecule has 0 atom stereocenters. The van der Waals surface area contributed by atoms with Gasteiger partial charge in [0.25, 0.3) is 0 Å². The minimum atomic E-state index is -1.35. The van der Waals surface area contributed by atoms with E-state index in [-0.39, 0.29) is 28.2 Å². The highest BCUT2D eigenvalue weighted by atomic mass is 16.8. The van der Waals surface area contributed by atoms with Crippen LogP contribution in [-0.4, -0.2) is 48.1 Å². The van der Waals surface area contributed by atoms with Crippen LogP contribution in [0.2, 0.25) is 5.72 Å². The van der Waals surface area contributed by atoms with E-state index in [9.17, 15) is 0 Å². The van der Waals surface area contributed by atoms with Crippen LogP contribution >= 0.6 is 0 Å². The summed E-state index contributed by atoms with van der Waals surface area (Å²) in [5, 5.41) is 2.12. The average Bonchev–Trinajstić information content (AvgIpc) is 4.16. The van der Waals surface area contributed by atoms with Crippen LogP contribution in [0.25, 0.3) is 21.8 Å². The van der Waals surface area contributed by atoms with Gasteiger partial charge in [-0.05, 0) is 58.1 Å². The Morgan fingerprint density at radius 2 is 0.658 bits per heavy atom. The van der Waals surface area contributed by atoms with E-state index in [1.54, 1.807) is 0 Å². The fourth-order valence-electron chi connectivity index (χ4n) is 10.6. The molecule has 11 rings (SSSR count). The molecule has 0 bridgehead atoms. The number of allylic oxidation sites excluding steroid dienone is 12. The third kappa shape index (κ3) is 7.87. The molecule has 19 heteroatoms. The Hall–Kier alpha value is -5.21. The smallest absolute Gasteiger partial charge is 0.501 e. The van der Waals surface area contributed by atoms with E-state index in [0.29, 0.717) is 46.1 Å². The van der Waals surface area contributed by atoms with Gasteiger partial charge in [-0.15, -0.1) is 0 Å². The van der Waals surface area contributed by atoms with Crippen LogP contribution in [0.15, 0.2) is 143 Å². The van der Waals surface area contributed by atoms with E-state index >= 15 is 0 Å². The summed E-state index contributed by atoms with van der Waals surface area (Å²) in [7, 11) is -7.82. The SMILES string of the molecule is CC1(C)C=CC2=C(OB(OB(OB3OC4=C(O3)C(C)(C)C(C)(C)C=C4)C(Cn3c4ccccc4c4ccccc43)B(OB3OC4=C(O3)C(C)(C)C(C)(C)C=C4)OB3OC4=C(O3)C(C)(C)C(C)(C)C=C4)O2)C1(C)C. The second-order valence-corrected chi connectivity index (χ2v) is 25.2. The van der Waals surface area contributed by atoms with Crippen molar-refractivity contribution in [2.45, 2.75) is 123 Å². The van der Waals surface area contributed by atoms with Crippen LogP contribution in [0, 0.1) is 43.3 Å². The summed E-state index contributed by atoms with van der Waals surface area (Å²) >= 11 is 0. The monoisotopic (exact) mass is 988 g/mol. The quantitative estimate of drug-likeness (QED) is 0.161. The molecule has 0 radical (unpaired) electrons. The lowest BCUT2D eigenvalue weighted by atomic mass is 9.49. The topological polar surface area (TPSA) is 116 Å². The molecule has 0 amide bonds. The molecule has 4 aliphatic carbocycles. The first-order valence-electron chi connectivity index (χ1n) is 25.8. The van der Waals surface area contributed by atoms with Crippen LogP contribution in [0.3, 0.4) is 0 Å². The summed E-state index contributed by atoms with van der Waals surface area (Å²) in [5.41, 5.74) is -1.97. The lowest BCUT2D eigenvalue weighted by Gasteiger charge is -2.41. The Morgan fingerprint density at radius 1 is 0.397 bits per heavy atom. The fraction of sp³-hybridized carbons (Fsp3) is 0.481. The highest BCUT2D eigenvalue weighted by Gasteiger charge is 2.62. The van der Waals surface area contributed by atoms with E-state index in [2.05, 4.69) is 164 Å². The van der Waals surface area contributed by atoms with Gasteiger partial charge in [-0.3, -0.25) is 0 Å². The highest BCUT2D eigenvalue weighted by molar-refractivity contribution is 6.78. The standard InChI is InChI=1S/C54H67B6NO12/c1-47(2)29-25-38-43(51(47,9)10)66-57(62-38)70-55(71-58-63-39-26-30-48(3,4)52(11,12)44(39)67-58)42(33-61-36-23-19-17-21-34(36)35-22-18-20-24-37(35)61)56(72-59-64-40-27-31-49(5,6)53(13,14)45(40)68-59)73-60-65-41-28-32-50(7,8)54(15,16)46(41)69-60/h17-32,42H,33H2,1-16H3. The molecule has 4 aliphatic heterocycles. The predicted octanol–water partition coefficient (Wildman–Crippen LogP) is 12.2. The Bertz CT molecular complexity index is 2710. The molecule has 0 spiro atoms. The maximum Gasteiger partial charge on any atom is 0.774 e. The van der Waals surface area contributed by atoms with E-state index in [0.717, 1.165) is 21.8 Å². The lowest BCUT2D eigenvalue weighted by Crippen LogP contribution is -2.52. The molecule has 5 heterocycles. The average molecular weight is 987 g/mol. The van der Waals surface area contributed by atoms with E-state index in [1.807, 2.05) is 48.6 Å². The van der Waals surface area contributed by atoms with Crippen molar-refractivity contribution in [1.82, 2.24) is 4.57 Å². The molecule has 3 aromatic rings. The van der Waals surface area contributed by atoms with Crippen LogP contribution in [0.4, 0.5) is 0 Å². The molecule has 1 aromatic heterocycles. The molecular formula is C54H67B6NO12. The summed E-state index contributed by atoms with van der Waals surface area (Å²) in [4.78, 5) is 0. The van der Waals surface area contributed by atoms with E-state index < -0.39 is 70.9 Å².